The first-order chi connectivity index (χ1) is 9.81. The number of aliphatic carboxylic acids is 2. The number of hydrogen-bond donors (Lipinski definition) is 4. The number of piperidine rings is 1. The van der Waals surface area contributed by atoms with Crippen LogP contribution in [0.5, 0.6) is 0 Å². The van der Waals surface area contributed by atoms with Crippen molar-refractivity contribution in [2.24, 2.45) is 11.7 Å². The lowest BCUT2D eigenvalue weighted by Crippen LogP contribution is -2.51. The standard InChI is InChI=1S/C12H19N3O6/c13-10(18)7-3-5-15(6-4-7)12(21)14-8(11(19)20)1-2-9(16)17/h7-8H,1-6H2,(H2,13,18)(H,14,21)(H,16,17)(H,19,20)/t8-/m0/s1. The van der Waals surface area contributed by atoms with Crippen molar-refractivity contribution in [1.82, 2.24) is 10.2 Å². The van der Waals surface area contributed by atoms with Gasteiger partial charge in [-0.3, -0.25) is 9.59 Å². The van der Waals surface area contributed by atoms with Gasteiger partial charge in [-0.2, -0.15) is 0 Å². The van der Waals surface area contributed by atoms with Gasteiger partial charge in [0.15, 0.2) is 0 Å². The first kappa shape index (κ1) is 16.7. The summed E-state index contributed by atoms with van der Waals surface area (Å²) in [7, 11) is 0. The zero-order chi connectivity index (χ0) is 16.0. The molecule has 0 saturated carbocycles. The zero-order valence-corrected chi connectivity index (χ0v) is 11.4. The van der Waals surface area contributed by atoms with E-state index >= 15 is 0 Å². The van der Waals surface area contributed by atoms with E-state index in [1.165, 1.54) is 4.90 Å². The Morgan fingerprint density at radius 2 is 1.76 bits per heavy atom. The molecule has 1 atom stereocenters. The first-order valence-electron chi connectivity index (χ1n) is 6.60. The molecular formula is C12H19N3O6. The van der Waals surface area contributed by atoms with E-state index in [1.807, 2.05) is 0 Å². The molecule has 9 heteroatoms. The minimum atomic E-state index is -1.28. The molecule has 1 saturated heterocycles. The van der Waals surface area contributed by atoms with Crippen LogP contribution in [0.15, 0.2) is 0 Å². The Balaban J connectivity index is 2.49. The van der Waals surface area contributed by atoms with Crippen molar-refractivity contribution in [3.63, 3.8) is 0 Å². The molecule has 1 rings (SSSR count). The summed E-state index contributed by atoms with van der Waals surface area (Å²) in [5.41, 5.74) is 5.19. The van der Waals surface area contributed by atoms with Gasteiger partial charge in [0.25, 0.3) is 0 Å². The van der Waals surface area contributed by atoms with Gasteiger partial charge in [-0.05, 0) is 19.3 Å². The molecular weight excluding hydrogens is 282 g/mol. The Bertz CT molecular complexity index is 431. The van der Waals surface area contributed by atoms with Gasteiger partial charge in [0, 0.05) is 25.4 Å². The third kappa shape index (κ3) is 5.28. The minimum absolute atomic E-state index is 0.186. The molecule has 0 bridgehead atoms. The lowest BCUT2D eigenvalue weighted by atomic mass is 9.96. The second kappa shape index (κ2) is 7.46. The largest absolute Gasteiger partial charge is 0.481 e. The number of primary amides is 1. The van der Waals surface area contributed by atoms with Crippen molar-refractivity contribution in [3.8, 4) is 0 Å². The number of carbonyl (C=O) groups is 4. The van der Waals surface area contributed by atoms with Gasteiger partial charge in [-0.1, -0.05) is 0 Å². The van der Waals surface area contributed by atoms with Crippen molar-refractivity contribution < 1.29 is 29.4 Å². The highest BCUT2D eigenvalue weighted by Crippen LogP contribution is 2.16. The number of nitrogens with one attached hydrogen (secondary N) is 1. The molecule has 9 nitrogen and oxygen atoms in total. The molecule has 1 aliphatic rings. The highest BCUT2D eigenvalue weighted by Gasteiger charge is 2.28. The van der Waals surface area contributed by atoms with Crippen LogP contribution in [-0.2, 0) is 14.4 Å². The van der Waals surface area contributed by atoms with E-state index in [1.54, 1.807) is 0 Å². The number of hydrogen-bond acceptors (Lipinski definition) is 4. The summed E-state index contributed by atoms with van der Waals surface area (Å²) in [5.74, 6) is -3.08. The summed E-state index contributed by atoms with van der Waals surface area (Å²) in [6.07, 6.45) is 0.348. The topological polar surface area (TPSA) is 150 Å². The fraction of sp³-hybridized carbons (Fsp3) is 0.667. The zero-order valence-electron chi connectivity index (χ0n) is 11.4. The van der Waals surface area contributed by atoms with E-state index in [9.17, 15) is 19.2 Å². The number of rotatable bonds is 6. The normalized spacial score (nSPS) is 17.0. The Morgan fingerprint density at radius 3 is 2.19 bits per heavy atom. The molecule has 21 heavy (non-hydrogen) atoms. The summed E-state index contributed by atoms with van der Waals surface area (Å²) in [6, 6.07) is -1.82. The van der Waals surface area contributed by atoms with Crippen LogP contribution in [0.3, 0.4) is 0 Å². The Labute approximate surface area is 121 Å². The van der Waals surface area contributed by atoms with Gasteiger partial charge < -0.3 is 26.2 Å². The monoisotopic (exact) mass is 301 g/mol. The summed E-state index contributed by atoms with van der Waals surface area (Å²) < 4.78 is 0. The summed E-state index contributed by atoms with van der Waals surface area (Å²) in [4.78, 5) is 45.8. The number of likely N-dealkylation sites (tertiary alicyclic amines) is 1. The van der Waals surface area contributed by atoms with Gasteiger partial charge in [0.1, 0.15) is 6.04 Å². The van der Waals surface area contributed by atoms with Crippen molar-refractivity contribution >= 4 is 23.9 Å². The number of amides is 3. The average Bonchev–Trinajstić information content (AvgIpc) is 2.42. The maximum Gasteiger partial charge on any atom is 0.326 e. The van der Waals surface area contributed by atoms with Gasteiger partial charge in [0.05, 0.1) is 0 Å². The molecule has 0 radical (unpaired) electrons. The van der Waals surface area contributed by atoms with E-state index in [0.717, 1.165) is 0 Å². The van der Waals surface area contributed by atoms with Gasteiger partial charge in [-0.15, -0.1) is 0 Å². The summed E-state index contributed by atoms with van der Waals surface area (Å²) in [6.45, 7) is 0.620. The second-order valence-electron chi connectivity index (χ2n) is 4.94. The maximum absolute atomic E-state index is 11.9. The SMILES string of the molecule is NC(=O)C1CCN(C(=O)N[C@@H](CCC(=O)O)C(=O)O)CC1. The Kier molecular flexibility index (Phi) is 5.94. The number of carbonyl (C=O) groups excluding carboxylic acids is 2. The average molecular weight is 301 g/mol. The van der Waals surface area contributed by atoms with E-state index in [0.29, 0.717) is 25.9 Å². The first-order valence-corrected chi connectivity index (χ1v) is 6.60. The molecule has 0 aliphatic carbocycles. The smallest absolute Gasteiger partial charge is 0.326 e. The molecule has 1 fully saturated rings. The molecule has 0 unspecified atom stereocenters. The molecule has 1 aliphatic heterocycles. The molecule has 1 heterocycles. The quantitative estimate of drug-likeness (QED) is 0.505. The molecule has 3 amide bonds. The predicted octanol–water partition coefficient (Wildman–Crippen LogP) is -0.789. The van der Waals surface area contributed by atoms with Crippen molar-refractivity contribution in [1.29, 1.82) is 0 Å². The fourth-order valence-corrected chi connectivity index (χ4v) is 2.13. The maximum atomic E-state index is 11.9. The van der Waals surface area contributed by atoms with Crippen LogP contribution >= 0.6 is 0 Å². The molecule has 5 N–H and O–H groups in total. The molecule has 0 aromatic heterocycles. The number of nitrogens with zero attached hydrogens (tertiary/aromatic N) is 1. The second-order valence-corrected chi connectivity index (χ2v) is 4.94. The number of urea groups is 1. The lowest BCUT2D eigenvalue weighted by molar-refractivity contribution is -0.140. The van der Waals surface area contributed by atoms with Crippen LogP contribution in [0, 0.1) is 5.92 Å². The summed E-state index contributed by atoms with van der Waals surface area (Å²) in [5, 5.41) is 19.8. The van der Waals surface area contributed by atoms with Crippen LogP contribution in [0.2, 0.25) is 0 Å². The van der Waals surface area contributed by atoms with E-state index in [-0.39, 0.29) is 18.8 Å². The minimum Gasteiger partial charge on any atom is -0.481 e. The van der Waals surface area contributed by atoms with E-state index < -0.39 is 29.9 Å². The highest BCUT2D eigenvalue weighted by molar-refractivity contribution is 5.83. The predicted molar refractivity (Wildman–Crippen MR) is 70.3 cm³/mol. The third-order valence-corrected chi connectivity index (χ3v) is 3.43. The fourth-order valence-electron chi connectivity index (χ4n) is 2.13. The summed E-state index contributed by atoms with van der Waals surface area (Å²) >= 11 is 0. The van der Waals surface area contributed by atoms with Crippen LogP contribution in [0.4, 0.5) is 4.79 Å². The van der Waals surface area contributed by atoms with Crippen molar-refractivity contribution in [2.75, 3.05) is 13.1 Å². The third-order valence-electron chi connectivity index (χ3n) is 3.43. The van der Waals surface area contributed by atoms with Crippen molar-refractivity contribution in [2.45, 2.75) is 31.7 Å². The number of carboxylic acids is 2. The van der Waals surface area contributed by atoms with E-state index in [4.69, 9.17) is 15.9 Å². The molecule has 0 aromatic carbocycles. The van der Waals surface area contributed by atoms with E-state index in [2.05, 4.69) is 5.32 Å². The van der Waals surface area contributed by atoms with Crippen LogP contribution in [0.25, 0.3) is 0 Å². The number of nitrogens with two attached hydrogens (primary N) is 1. The van der Waals surface area contributed by atoms with Gasteiger partial charge >= 0.3 is 18.0 Å². The molecule has 0 spiro atoms. The van der Waals surface area contributed by atoms with Crippen LogP contribution in [-0.4, -0.2) is 58.1 Å². The van der Waals surface area contributed by atoms with Gasteiger partial charge in [-0.25, -0.2) is 9.59 Å². The number of carboxylic acid groups (broad SMARTS) is 2. The molecule has 118 valence electrons. The highest BCUT2D eigenvalue weighted by atomic mass is 16.4. The Morgan fingerprint density at radius 1 is 1.19 bits per heavy atom. The molecule has 0 aromatic rings. The van der Waals surface area contributed by atoms with Crippen molar-refractivity contribution in [3.05, 3.63) is 0 Å². The van der Waals surface area contributed by atoms with Gasteiger partial charge in [0.2, 0.25) is 5.91 Å². The lowest BCUT2D eigenvalue weighted by Gasteiger charge is -2.31. The van der Waals surface area contributed by atoms with Crippen LogP contribution < -0.4 is 11.1 Å². The Hall–Kier alpha value is -2.32. The van der Waals surface area contributed by atoms with Crippen LogP contribution in [0.1, 0.15) is 25.7 Å².